The van der Waals surface area contributed by atoms with Crippen LogP contribution in [0.2, 0.25) is 0 Å². The summed E-state index contributed by atoms with van der Waals surface area (Å²) in [6, 6.07) is -0.708. The number of amides is 2. The molecule has 5 nitrogen and oxygen atoms in total. The third kappa shape index (κ3) is 5.46. The zero-order valence-electron chi connectivity index (χ0n) is 14.3. The van der Waals surface area contributed by atoms with E-state index in [9.17, 15) is 14.0 Å². The van der Waals surface area contributed by atoms with Gasteiger partial charge in [0.05, 0.1) is 6.54 Å². The molecule has 2 amide bonds. The van der Waals surface area contributed by atoms with Gasteiger partial charge in [0.15, 0.2) is 0 Å². The second-order valence-corrected chi connectivity index (χ2v) is 7.08. The minimum atomic E-state index is -0.960. The van der Waals surface area contributed by atoms with Gasteiger partial charge in [-0.3, -0.25) is 4.79 Å². The van der Waals surface area contributed by atoms with Gasteiger partial charge in [-0.15, -0.1) is 0 Å². The predicted octanol–water partition coefficient (Wildman–Crippen LogP) is 2.89. The van der Waals surface area contributed by atoms with Crippen LogP contribution >= 0.6 is 0 Å². The average Bonchev–Trinajstić information content (AvgIpc) is 2.82. The van der Waals surface area contributed by atoms with Crippen LogP contribution in [0.1, 0.15) is 53.9 Å². The molecule has 0 radical (unpaired) electrons. The second-order valence-electron chi connectivity index (χ2n) is 7.08. The minimum absolute atomic E-state index is 0.111. The maximum absolute atomic E-state index is 13.1. The number of hydrogen-bond acceptors (Lipinski definition) is 3. The molecule has 1 saturated heterocycles. The molecule has 6 heteroatoms. The summed E-state index contributed by atoms with van der Waals surface area (Å²) < 4.78 is 18.6. The van der Waals surface area contributed by atoms with E-state index in [4.69, 9.17) is 4.74 Å². The van der Waals surface area contributed by atoms with Gasteiger partial charge in [0, 0.05) is 6.54 Å². The third-order valence-electron chi connectivity index (χ3n) is 3.91. The summed E-state index contributed by atoms with van der Waals surface area (Å²) in [5.74, 6) is -0.264. The van der Waals surface area contributed by atoms with Crippen molar-refractivity contribution in [3.8, 4) is 0 Å². The summed E-state index contributed by atoms with van der Waals surface area (Å²) in [4.78, 5) is 25.6. The topological polar surface area (TPSA) is 58.6 Å². The van der Waals surface area contributed by atoms with Crippen LogP contribution in [0.4, 0.5) is 9.18 Å². The van der Waals surface area contributed by atoms with Gasteiger partial charge in [0.2, 0.25) is 5.91 Å². The van der Waals surface area contributed by atoms with E-state index in [0.29, 0.717) is 13.0 Å². The van der Waals surface area contributed by atoms with Crippen LogP contribution in [-0.2, 0) is 9.53 Å². The lowest BCUT2D eigenvalue weighted by Crippen LogP contribution is -2.47. The van der Waals surface area contributed by atoms with Crippen molar-refractivity contribution in [1.29, 1.82) is 0 Å². The van der Waals surface area contributed by atoms with Gasteiger partial charge < -0.3 is 15.0 Å². The normalized spacial score (nSPS) is 21.4. The zero-order valence-corrected chi connectivity index (χ0v) is 14.3. The molecule has 1 N–H and O–H groups in total. The van der Waals surface area contributed by atoms with Crippen molar-refractivity contribution < 1.29 is 18.7 Å². The molecule has 0 aromatic carbocycles. The number of nitrogens with zero attached hydrogens (tertiary/aromatic N) is 1. The number of alkyl carbamates (subject to hydrolysis) is 1. The summed E-state index contributed by atoms with van der Waals surface area (Å²) in [6.07, 6.45) is 0.292. The Bertz CT molecular complexity index is 395. The molecule has 22 heavy (non-hydrogen) atoms. The van der Waals surface area contributed by atoms with Crippen LogP contribution in [0, 0.1) is 5.41 Å². The molecule has 1 heterocycles. The van der Waals surface area contributed by atoms with Gasteiger partial charge in [-0.1, -0.05) is 34.1 Å². The summed E-state index contributed by atoms with van der Waals surface area (Å²) >= 11 is 0. The van der Waals surface area contributed by atoms with E-state index in [1.807, 2.05) is 27.7 Å². The predicted molar refractivity (Wildman–Crippen MR) is 83.3 cm³/mol. The van der Waals surface area contributed by atoms with Gasteiger partial charge >= 0.3 is 6.09 Å². The van der Waals surface area contributed by atoms with Crippen LogP contribution < -0.4 is 5.32 Å². The fraction of sp³-hybridized carbons (Fsp3) is 0.875. The highest BCUT2D eigenvalue weighted by Gasteiger charge is 2.31. The first-order chi connectivity index (χ1) is 10.1. The van der Waals surface area contributed by atoms with E-state index < -0.39 is 18.3 Å². The fourth-order valence-electron chi connectivity index (χ4n) is 2.52. The van der Waals surface area contributed by atoms with Crippen molar-refractivity contribution in [2.24, 2.45) is 5.41 Å². The van der Waals surface area contributed by atoms with Crippen molar-refractivity contribution in [2.45, 2.75) is 72.2 Å². The first kappa shape index (κ1) is 18.7. The van der Waals surface area contributed by atoms with Gasteiger partial charge in [-0.25, -0.2) is 9.18 Å². The van der Waals surface area contributed by atoms with Crippen LogP contribution in [-0.4, -0.2) is 48.3 Å². The molecule has 1 fully saturated rings. The largest absolute Gasteiger partial charge is 0.446 e. The maximum Gasteiger partial charge on any atom is 0.408 e. The summed E-state index contributed by atoms with van der Waals surface area (Å²) in [7, 11) is 0. The summed E-state index contributed by atoms with van der Waals surface area (Å²) in [6.45, 7) is 10.2. The van der Waals surface area contributed by atoms with E-state index in [1.165, 1.54) is 4.90 Å². The standard InChI is InChI=1S/C16H29FN2O3/c1-6-7-13(16(3,4)5)22-15(21)18-11(2)14(20)19-9-8-12(17)10-19/h11-13H,6-10H2,1-5H3,(H,18,21)/t11-,12-,13?/m1/s1. The highest BCUT2D eigenvalue weighted by Crippen LogP contribution is 2.26. The number of rotatable bonds is 5. The molecule has 0 spiro atoms. The van der Waals surface area contributed by atoms with E-state index in [0.717, 1.165) is 12.8 Å². The lowest BCUT2D eigenvalue weighted by molar-refractivity contribution is -0.132. The van der Waals surface area contributed by atoms with Crippen molar-refractivity contribution >= 4 is 12.0 Å². The molecule has 0 saturated carbocycles. The van der Waals surface area contributed by atoms with Gasteiger partial charge in [-0.2, -0.15) is 0 Å². The first-order valence-electron chi connectivity index (χ1n) is 8.05. The van der Waals surface area contributed by atoms with Crippen LogP contribution in [0.5, 0.6) is 0 Å². The molecule has 0 aromatic heterocycles. The summed E-state index contributed by atoms with van der Waals surface area (Å²) in [5.41, 5.74) is -0.156. The van der Waals surface area contributed by atoms with E-state index in [-0.39, 0.29) is 24.0 Å². The van der Waals surface area contributed by atoms with Crippen molar-refractivity contribution in [3.63, 3.8) is 0 Å². The number of nitrogens with one attached hydrogen (secondary N) is 1. The van der Waals surface area contributed by atoms with E-state index in [2.05, 4.69) is 5.32 Å². The molecule has 1 rings (SSSR count). The van der Waals surface area contributed by atoms with E-state index >= 15 is 0 Å². The highest BCUT2D eigenvalue weighted by atomic mass is 19.1. The molecule has 0 aliphatic carbocycles. The summed E-state index contributed by atoms with van der Waals surface area (Å²) in [5, 5.41) is 2.56. The molecule has 0 bridgehead atoms. The Morgan fingerprint density at radius 1 is 1.41 bits per heavy atom. The van der Waals surface area contributed by atoms with Gasteiger partial charge in [-0.05, 0) is 25.2 Å². The van der Waals surface area contributed by atoms with E-state index in [1.54, 1.807) is 6.92 Å². The number of carbonyl (C=O) groups is 2. The fourth-order valence-corrected chi connectivity index (χ4v) is 2.52. The molecular formula is C16H29FN2O3. The zero-order chi connectivity index (χ0) is 16.9. The van der Waals surface area contributed by atoms with Crippen molar-refractivity contribution in [3.05, 3.63) is 0 Å². The van der Waals surface area contributed by atoms with Crippen molar-refractivity contribution in [1.82, 2.24) is 10.2 Å². The SMILES string of the molecule is CCCC(OC(=O)N[C@H](C)C(=O)N1CC[C@@H](F)C1)C(C)(C)C. The van der Waals surface area contributed by atoms with Crippen LogP contribution in [0.25, 0.3) is 0 Å². The van der Waals surface area contributed by atoms with Gasteiger partial charge in [0.1, 0.15) is 18.3 Å². The molecule has 3 atom stereocenters. The molecule has 128 valence electrons. The third-order valence-corrected chi connectivity index (χ3v) is 3.91. The Hall–Kier alpha value is -1.33. The Kier molecular flexibility index (Phi) is 6.63. The number of hydrogen-bond donors (Lipinski definition) is 1. The van der Waals surface area contributed by atoms with Crippen LogP contribution in [0.3, 0.4) is 0 Å². The number of ether oxygens (including phenoxy) is 1. The molecule has 1 unspecified atom stereocenters. The lowest BCUT2D eigenvalue weighted by Gasteiger charge is -2.30. The molecular weight excluding hydrogens is 287 g/mol. The number of alkyl halides is 1. The Morgan fingerprint density at radius 3 is 2.50 bits per heavy atom. The Labute approximate surface area is 132 Å². The Morgan fingerprint density at radius 2 is 2.05 bits per heavy atom. The monoisotopic (exact) mass is 316 g/mol. The minimum Gasteiger partial charge on any atom is -0.446 e. The number of halogens is 1. The number of likely N-dealkylation sites (tertiary alicyclic amines) is 1. The first-order valence-corrected chi connectivity index (χ1v) is 8.05. The average molecular weight is 316 g/mol. The quantitative estimate of drug-likeness (QED) is 0.848. The lowest BCUT2D eigenvalue weighted by atomic mass is 9.86. The molecule has 0 aromatic rings. The van der Waals surface area contributed by atoms with Gasteiger partial charge in [0.25, 0.3) is 0 Å². The molecule has 1 aliphatic rings. The smallest absolute Gasteiger partial charge is 0.408 e. The Balaban J connectivity index is 2.50. The number of carbonyl (C=O) groups excluding carboxylic acids is 2. The maximum atomic E-state index is 13.1. The second kappa shape index (κ2) is 7.79. The highest BCUT2D eigenvalue weighted by molar-refractivity contribution is 5.85. The van der Waals surface area contributed by atoms with Crippen LogP contribution in [0.15, 0.2) is 0 Å². The molecule has 1 aliphatic heterocycles. The van der Waals surface area contributed by atoms with Crippen molar-refractivity contribution in [2.75, 3.05) is 13.1 Å².